The first kappa shape index (κ1) is 16.1. The van der Waals surface area contributed by atoms with Crippen LogP contribution in [0.3, 0.4) is 0 Å². The third kappa shape index (κ3) is 3.48. The minimum Gasteiger partial charge on any atom is -0.271 e. The van der Waals surface area contributed by atoms with Crippen LogP contribution in [0.5, 0.6) is 0 Å². The first-order chi connectivity index (χ1) is 9.96. The summed E-state index contributed by atoms with van der Waals surface area (Å²) in [7, 11) is 0. The molecule has 0 radical (unpaired) electrons. The van der Waals surface area contributed by atoms with Crippen LogP contribution in [0, 0.1) is 18.6 Å². The van der Waals surface area contributed by atoms with E-state index in [2.05, 4.69) is 26.5 Å². The van der Waals surface area contributed by atoms with Crippen LogP contribution in [0.1, 0.15) is 29.9 Å². The Balaban J connectivity index is 2.35. The molecule has 7 heteroatoms. The zero-order valence-electron chi connectivity index (χ0n) is 11.8. The standard InChI is InChI=1S/C14H17BrF2N4/c1-3-21-13(14(15)8(2)20-21)7-12(19-18)9-4-10(16)6-11(17)5-9/h4-6,12,19H,3,7,18H2,1-2H3. The molecule has 0 saturated carbocycles. The maximum absolute atomic E-state index is 13.4. The molecule has 0 bridgehead atoms. The number of hydrogen-bond acceptors (Lipinski definition) is 3. The molecule has 21 heavy (non-hydrogen) atoms. The lowest BCUT2D eigenvalue weighted by Gasteiger charge is -2.17. The number of halogens is 3. The highest BCUT2D eigenvalue weighted by Gasteiger charge is 2.19. The van der Waals surface area contributed by atoms with Crippen LogP contribution in [0.25, 0.3) is 0 Å². The van der Waals surface area contributed by atoms with E-state index in [9.17, 15) is 8.78 Å². The van der Waals surface area contributed by atoms with Crippen molar-refractivity contribution in [3.63, 3.8) is 0 Å². The third-order valence-corrected chi connectivity index (χ3v) is 4.37. The van der Waals surface area contributed by atoms with Crippen LogP contribution in [0.4, 0.5) is 8.78 Å². The van der Waals surface area contributed by atoms with E-state index in [0.29, 0.717) is 18.5 Å². The highest BCUT2D eigenvalue weighted by atomic mass is 79.9. The van der Waals surface area contributed by atoms with Crippen molar-refractivity contribution in [1.82, 2.24) is 15.2 Å². The van der Waals surface area contributed by atoms with Crippen LogP contribution < -0.4 is 11.3 Å². The molecule has 114 valence electrons. The molecule has 0 saturated heterocycles. The van der Waals surface area contributed by atoms with Gasteiger partial charge in [-0.1, -0.05) is 0 Å². The molecule has 2 aromatic rings. The third-order valence-electron chi connectivity index (χ3n) is 3.34. The molecule has 0 aliphatic rings. The number of aryl methyl sites for hydroxylation is 2. The predicted molar refractivity (Wildman–Crippen MR) is 80.5 cm³/mol. The van der Waals surface area contributed by atoms with E-state index in [-0.39, 0.29) is 0 Å². The number of nitrogens with two attached hydrogens (primary N) is 1. The SMILES string of the molecule is CCn1nc(C)c(Br)c1CC(NN)c1cc(F)cc(F)c1. The normalized spacial score (nSPS) is 12.7. The second-order valence-corrected chi connectivity index (χ2v) is 5.58. The summed E-state index contributed by atoms with van der Waals surface area (Å²) in [5, 5.41) is 4.40. The number of aromatic nitrogens is 2. The maximum atomic E-state index is 13.4. The topological polar surface area (TPSA) is 55.9 Å². The average molecular weight is 359 g/mol. The fourth-order valence-corrected chi connectivity index (χ4v) is 2.75. The van der Waals surface area contributed by atoms with Crippen molar-refractivity contribution in [1.29, 1.82) is 0 Å². The first-order valence-corrected chi connectivity index (χ1v) is 7.39. The van der Waals surface area contributed by atoms with Gasteiger partial charge in [0.25, 0.3) is 0 Å². The minimum absolute atomic E-state index is 0.409. The van der Waals surface area contributed by atoms with Crippen molar-refractivity contribution >= 4 is 15.9 Å². The number of rotatable bonds is 5. The lowest BCUT2D eigenvalue weighted by Crippen LogP contribution is -2.30. The molecular formula is C14H17BrF2N4. The van der Waals surface area contributed by atoms with E-state index in [0.717, 1.165) is 21.9 Å². The monoisotopic (exact) mass is 358 g/mol. The quantitative estimate of drug-likeness (QED) is 0.638. The Morgan fingerprint density at radius 1 is 1.33 bits per heavy atom. The minimum atomic E-state index is -0.621. The van der Waals surface area contributed by atoms with Gasteiger partial charge in [0.15, 0.2) is 0 Å². The fourth-order valence-electron chi connectivity index (χ4n) is 2.31. The Bertz CT molecular complexity index is 622. The van der Waals surface area contributed by atoms with Gasteiger partial charge in [-0.25, -0.2) is 8.78 Å². The summed E-state index contributed by atoms with van der Waals surface area (Å²) < 4.78 is 29.5. The highest BCUT2D eigenvalue weighted by molar-refractivity contribution is 9.10. The molecule has 1 aromatic heterocycles. The van der Waals surface area contributed by atoms with Crippen LogP contribution in [0.2, 0.25) is 0 Å². The van der Waals surface area contributed by atoms with Gasteiger partial charge < -0.3 is 0 Å². The number of benzene rings is 1. The van der Waals surface area contributed by atoms with Crippen LogP contribution in [-0.4, -0.2) is 9.78 Å². The van der Waals surface area contributed by atoms with E-state index in [1.807, 2.05) is 18.5 Å². The second-order valence-electron chi connectivity index (χ2n) is 4.79. The summed E-state index contributed by atoms with van der Waals surface area (Å²) in [6.07, 6.45) is 0.467. The Kier molecular flexibility index (Phi) is 5.08. The van der Waals surface area contributed by atoms with E-state index < -0.39 is 17.7 Å². The average Bonchev–Trinajstić information content (AvgIpc) is 2.70. The molecule has 0 amide bonds. The number of hydrogen-bond donors (Lipinski definition) is 2. The number of hydrazine groups is 1. The Morgan fingerprint density at radius 2 is 1.95 bits per heavy atom. The lowest BCUT2D eigenvalue weighted by atomic mass is 10.0. The molecule has 0 fully saturated rings. The Morgan fingerprint density at radius 3 is 2.48 bits per heavy atom. The zero-order valence-corrected chi connectivity index (χ0v) is 13.4. The highest BCUT2D eigenvalue weighted by Crippen LogP contribution is 2.27. The van der Waals surface area contributed by atoms with Crippen LogP contribution >= 0.6 is 15.9 Å². The van der Waals surface area contributed by atoms with Gasteiger partial charge in [0.05, 0.1) is 21.9 Å². The number of nitrogens with one attached hydrogen (secondary N) is 1. The van der Waals surface area contributed by atoms with Gasteiger partial charge in [0.2, 0.25) is 0 Å². The fraction of sp³-hybridized carbons (Fsp3) is 0.357. The van der Waals surface area contributed by atoms with Crippen molar-refractivity contribution in [2.75, 3.05) is 0 Å². The molecule has 4 nitrogen and oxygen atoms in total. The molecule has 1 aromatic carbocycles. The summed E-state index contributed by atoms with van der Waals surface area (Å²) in [4.78, 5) is 0. The van der Waals surface area contributed by atoms with E-state index in [1.54, 1.807) is 0 Å². The molecule has 1 heterocycles. The van der Waals surface area contributed by atoms with E-state index >= 15 is 0 Å². The van der Waals surface area contributed by atoms with Crippen LogP contribution in [-0.2, 0) is 13.0 Å². The largest absolute Gasteiger partial charge is 0.271 e. The summed E-state index contributed by atoms with van der Waals surface area (Å²) in [6.45, 7) is 4.58. The predicted octanol–water partition coefficient (Wildman–Crippen LogP) is 3.00. The van der Waals surface area contributed by atoms with Gasteiger partial charge in [-0.15, -0.1) is 0 Å². The molecule has 3 N–H and O–H groups in total. The van der Waals surface area contributed by atoms with Crippen molar-refractivity contribution in [2.45, 2.75) is 32.9 Å². The van der Waals surface area contributed by atoms with Gasteiger partial charge in [-0.2, -0.15) is 5.10 Å². The van der Waals surface area contributed by atoms with Gasteiger partial charge >= 0.3 is 0 Å². The lowest BCUT2D eigenvalue weighted by molar-refractivity contribution is 0.505. The Labute approximate surface area is 130 Å². The zero-order chi connectivity index (χ0) is 15.6. The van der Waals surface area contributed by atoms with Gasteiger partial charge in [-0.3, -0.25) is 16.0 Å². The maximum Gasteiger partial charge on any atom is 0.126 e. The van der Waals surface area contributed by atoms with Crippen molar-refractivity contribution < 1.29 is 8.78 Å². The molecule has 1 atom stereocenters. The van der Waals surface area contributed by atoms with Gasteiger partial charge in [0, 0.05) is 19.0 Å². The molecule has 0 aliphatic carbocycles. The summed E-state index contributed by atoms with van der Waals surface area (Å²) in [5.74, 6) is 4.32. The smallest absolute Gasteiger partial charge is 0.126 e. The Hall–Kier alpha value is -1.31. The summed E-state index contributed by atoms with van der Waals surface area (Å²) >= 11 is 3.50. The molecular weight excluding hydrogens is 342 g/mol. The van der Waals surface area contributed by atoms with Crippen molar-refractivity contribution in [2.24, 2.45) is 5.84 Å². The molecule has 1 unspecified atom stereocenters. The van der Waals surface area contributed by atoms with Gasteiger partial charge in [0.1, 0.15) is 11.6 Å². The van der Waals surface area contributed by atoms with Gasteiger partial charge in [-0.05, 0) is 47.5 Å². The van der Waals surface area contributed by atoms with E-state index in [1.165, 1.54) is 12.1 Å². The number of nitrogens with zero attached hydrogens (tertiary/aromatic N) is 2. The first-order valence-electron chi connectivity index (χ1n) is 6.60. The molecule has 0 spiro atoms. The second kappa shape index (κ2) is 6.64. The van der Waals surface area contributed by atoms with E-state index in [4.69, 9.17) is 5.84 Å². The van der Waals surface area contributed by atoms with Crippen molar-refractivity contribution in [3.05, 3.63) is 51.3 Å². The van der Waals surface area contributed by atoms with Crippen LogP contribution in [0.15, 0.2) is 22.7 Å². The van der Waals surface area contributed by atoms with Crippen molar-refractivity contribution in [3.8, 4) is 0 Å². The molecule has 2 rings (SSSR count). The summed E-state index contributed by atoms with van der Waals surface area (Å²) in [5.41, 5.74) is 4.88. The summed E-state index contributed by atoms with van der Waals surface area (Å²) in [6, 6.07) is 2.99. The molecule has 0 aliphatic heterocycles.